The lowest BCUT2D eigenvalue weighted by Gasteiger charge is -2.39. The van der Waals surface area contributed by atoms with E-state index in [1.54, 1.807) is 31.7 Å². The minimum Gasteiger partial charge on any atom is -0.477 e. The number of anilines is 1. The highest BCUT2D eigenvalue weighted by atomic mass is 32.1. The van der Waals surface area contributed by atoms with Crippen LogP contribution < -0.4 is 10.2 Å². The van der Waals surface area contributed by atoms with Gasteiger partial charge in [0, 0.05) is 17.4 Å². The van der Waals surface area contributed by atoms with Gasteiger partial charge in [-0.1, -0.05) is 39.0 Å². The Labute approximate surface area is 279 Å². The molecule has 2 N–H and O–H groups in total. The zero-order chi connectivity index (χ0) is 34.4. The van der Waals surface area contributed by atoms with Gasteiger partial charge in [-0.15, -0.1) is 11.3 Å². The second-order valence-electron chi connectivity index (χ2n) is 15.2. The van der Waals surface area contributed by atoms with Crippen molar-refractivity contribution < 1.29 is 33.8 Å². The number of amides is 2. The monoisotopic (exact) mass is 658 g/mol. The van der Waals surface area contributed by atoms with Gasteiger partial charge in [-0.2, -0.15) is 0 Å². The largest absolute Gasteiger partial charge is 0.477 e. The summed E-state index contributed by atoms with van der Waals surface area (Å²) >= 11 is 1.11. The lowest BCUT2D eigenvalue weighted by molar-refractivity contribution is -0.154. The summed E-state index contributed by atoms with van der Waals surface area (Å²) in [5.74, 6) is 4.97. The van der Waals surface area contributed by atoms with E-state index in [-0.39, 0.29) is 40.2 Å². The van der Waals surface area contributed by atoms with E-state index in [9.17, 15) is 24.3 Å². The molecule has 10 heteroatoms. The zero-order valence-corrected chi connectivity index (χ0v) is 30.0. The first-order valence-electron chi connectivity index (χ1n) is 16.8. The Morgan fingerprint density at radius 3 is 2.15 bits per heavy atom. The molecule has 0 spiro atoms. The molecule has 2 aliphatic carbocycles. The van der Waals surface area contributed by atoms with Gasteiger partial charge >= 0.3 is 18.0 Å². The number of carbonyl (C=O) groups is 4. The molecule has 9 nitrogen and oxygen atoms in total. The predicted octanol–water partition coefficient (Wildman–Crippen LogP) is 7.80. The molecule has 2 fully saturated rings. The molecule has 1 aromatic rings. The van der Waals surface area contributed by atoms with Gasteiger partial charge in [0.2, 0.25) is 5.91 Å². The van der Waals surface area contributed by atoms with E-state index < -0.39 is 29.7 Å². The maximum Gasteiger partial charge on any atom is 0.408 e. The number of nitrogens with one attached hydrogen (secondary N) is 1. The van der Waals surface area contributed by atoms with Crippen molar-refractivity contribution in [1.29, 1.82) is 0 Å². The van der Waals surface area contributed by atoms with Crippen molar-refractivity contribution in [3.63, 3.8) is 0 Å². The summed E-state index contributed by atoms with van der Waals surface area (Å²) in [6, 6.07) is 0.686. The average Bonchev–Trinajstić information content (AvgIpc) is 3.38. The summed E-state index contributed by atoms with van der Waals surface area (Å²) in [6.45, 7) is 17.3. The number of carboxylic acids is 1. The summed E-state index contributed by atoms with van der Waals surface area (Å²) in [4.78, 5) is 55.0. The first-order valence-corrected chi connectivity index (χ1v) is 17.6. The van der Waals surface area contributed by atoms with E-state index in [4.69, 9.17) is 9.47 Å². The van der Waals surface area contributed by atoms with Crippen LogP contribution >= 0.6 is 11.3 Å². The number of hydrogen-bond donors (Lipinski definition) is 2. The molecule has 0 saturated heterocycles. The highest BCUT2D eigenvalue weighted by molar-refractivity contribution is 7.15. The van der Waals surface area contributed by atoms with Gasteiger partial charge in [-0.05, 0) is 111 Å². The Morgan fingerprint density at radius 1 is 1.02 bits per heavy atom. The Balaban J connectivity index is 1.82. The number of alkyl carbamates (subject to hydrolysis) is 1. The molecule has 1 heterocycles. The maximum absolute atomic E-state index is 14.2. The Bertz CT molecular complexity index is 1300. The fourth-order valence-corrected chi connectivity index (χ4v) is 6.83. The van der Waals surface area contributed by atoms with Crippen LogP contribution in [-0.4, -0.2) is 52.8 Å². The van der Waals surface area contributed by atoms with E-state index in [0.717, 1.165) is 37.0 Å². The van der Waals surface area contributed by atoms with Crippen LogP contribution in [0, 0.1) is 35.0 Å². The number of thiophene rings is 1. The molecular weight excluding hydrogens is 604 g/mol. The van der Waals surface area contributed by atoms with Crippen molar-refractivity contribution in [3.8, 4) is 11.8 Å². The molecule has 3 rings (SSSR count). The molecule has 0 bridgehead atoms. The van der Waals surface area contributed by atoms with Crippen LogP contribution in [0.1, 0.15) is 135 Å². The lowest BCUT2D eigenvalue weighted by atomic mass is 9.81. The summed E-state index contributed by atoms with van der Waals surface area (Å²) in [5, 5.41) is 12.9. The van der Waals surface area contributed by atoms with Gasteiger partial charge in [0.15, 0.2) is 0 Å². The number of hydrogen-bond acceptors (Lipinski definition) is 7. The topological polar surface area (TPSA) is 122 Å². The second kappa shape index (κ2) is 15.7. The lowest BCUT2D eigenvalue weighted by Crippen LogP contribution is -2.50. The number of carboxylic acid groups (broad SMARTS) is 1. The average molecular weight is 659 g/mol. The van der Waals surface area contributed by atoms with E-state index in [1.165, 1.54) is 0 Å². The van der Waals surface area contributed by atoms with Gasteiger partial charge in [0.05, 0.1) is 10.6 Å². The Kier molecular flexibility index (Phi) is 12.8. The summed E-state index contributed by atoms with van der Waals surface area (Å²) in [6.07, 6.45) is 5.28. The zero-order valence-electron chi connectivity index (χ0n) is 29.2. The Hall–Kier alpha value is -3.06. The molecule has 0 radical (unpaired) electrons. The predicted molar refractivity (Wildman–Crippen MR) is 181 cm³/mol. The number of carbonyl (C=O) groups excluding carboxylic acids is 3. The Morgan fingerprint density at radius 2 is 1.63 bits per heavy atom. The number of esters is 1. The van der Waals surface area contributed by atoms with Crippen LogP contribution in [0.25, 0.3) is 0 Å². The quantitative estimate of drug-likeness (QED) is 0.205. The van der Waals surface area contributed by atoms with Gasteiger partial charge in [-0.3, -0.25) is 4.79 Å². The normalized spacial score (nSPS) is 23.2. The molecule has 0 aromatic carbocycles. The SMILES string of the molecule is CC[C@@H](C)C(NC(=O)OC(C)(C)C)C(=O)OC1CCC(N(C(=O)C2CCC(C)CC2)c2cc(C#CC(C)(C)C)sc2C(=O)O)CC1. The fraction of sp³-hybridized carbons (Fsp3) is 0.722. The molecule has 2 amide bonds. The molecule has 1 aromatic heterocycles. The van der Waals surface area contributed by atoms with E-state index in [1.807, 2.05) is 34.6 Å². The molecule has 0 aliphatic heterocycles. The standard InChI is InChI=1S/C36H54N2O7S/c1-10-23(3)29(37-34(43)45-36(7,8)9)33(42)44-26-17-15-25(16-18-26)38(31(39)24-13-11-22(2)12-14-24)28-21-27(19-20-35(4,5)6)46-30(28)32(40)41/h21-26,29H,10-18H2,1-9H3,(H,37,43)(H,40,41)/t22?,23-,24?,25?,26?,29?/m1/s1. The maximum atomic E-state index is 14.2. The first kappa shape index (κ1) is 37.4. The smallest absolute Gasteiger partial charge is 0.408 e. The van der Waals surface area contributed by atoms with Crippen LogP contribution in [-0.2, 0) is 19.1 Å². The third-order valence-corrected chi connectivity index (χ3v) is 9.79. The van der Waals surface area contributed by atoms with Crippen molar-refractivity contribution in [2.75, 3.05) is 4.90 Å². The van der Waals surface area contributed by atoms with Gasteiger partial charge in [0.1, 0.15) is 22.6 Å². The fourth-order valence-electron chi connectivity index (χ4n) is 5.99. The summed E-state index contributed by atoms with van der Waals surface area (Å²) < 4.78 is 11.3. The van der Waals surface area contributed by atoms with Gasteiger partial charge in [-0.25, -0.2) is 14.4 Å². The van der Waals surface area contributed by atoms with Crippen LogP contribution in [0.15, 0.2) is 6.07 Å². The van der Waals surface area contributed by atoms with Crippen molar-refractivity contribution >= 4 is 41.0 Å². The summed E-state index contributed by atoms with van der Waals surface area (Å²) in [7, 11) is 0. The highest BCUT2D eigenvalue weighted by Gasteiger charge is 2.39. The molecule has 1 unspecified atom stereocenters. The number of aromatic carboxylic acids is 1. The molecule has 2 atom stereocenters. The molecule has 256 valence electrons. The number of nitrogens with zero attached hydrogens (tertiary/aromatic N) is 1. The van der Waals surface area contributed by atoms with Crippen molar-refractivity contribution in [3.05, 3.63) is 15.8 Å². The third kappa shape index (κ3) is 10.8. The second-order valence-corrected chi connectivity index (χ2v) is 16.2. The van der Waals surface area contributed by atoms with Crippen molar-refractivity contribution in [2.45, 2.75) is 144 Å². The van der Waals surface area contributed by atoms with Gasteiger partial charge < -0.3 is 24.8 Å². The van der Waals surface area contributed by atoms with Crippen LogP contribution in [0.3, 0.4) is 0 Å². The number of ether oxygens (including phenoxy) is 2. The number of rotatable bonds is 9. The molecule has 2 aliphatic rings. The molecular formula is C36H54N2O7S. The van der Waals surface area contributed by atoms with Crippen LogP contribution in [0.2, 0.25) is 0 Å². The first-order chi connectivity index (χ1) is 21.4. The molecule has 46 heavy (non-hydrogen) atoms. The van der Waals surface area contributed by atoms with E-state index in [2.05, 4.69) is 24.1 Å². The third-order valence-electron chi connectivity index (χ3n) is 8.76. The molecule has 2 saturated carbocycles. The van der Waals surface area contributed by atoms with E-state index >= 15 is 0 Å². The minimum absolute atomic E-state index is 0.0265. The van der Waals surface area contributed by atoms with E-state index in [0.29, 0.717) is 48.6 Å². The minimum atomic E-state index is -1.07. The van der Waals surface area contributed by atoms with Crippen molar-refractivity contribution in [2.24, 2.45) is 23.2 Å². The van der Waals surface area contributed by atoms with Crippen LogP contribution in [0.4, 0.5) is 10.5 Å². The van der Waals surface area contributed by atoms with Crippen LogP contribution in [0.5, 0.6) is 0 Å². The van der Waals surface area contributed by atoms with Crippen molar-refractivity contribution in [1.82, 2.24) is 5.32 Å². The summed E-state index contributed by atoms with van der Waals surface area (Å²) in [5.41, 5.74) is -0.541. The van der Waals surface area contributed by atoms with Gasteiger partial charge in [0.25, 0.3) is 0 Å². The highest BCUT2D eigenvalue weighted by Crippen LogP contribution is 2.39.